The molecule has 0 fully saturated rings. The van der Waals surface area contributed by atoms with Crippen molar-refractivity contribution in [2.45, 2.75) is 32.4 Å². The van der Waals surface area contributed by atoms with Crippen molar-refractivity contribution in [3.63, 3.8) is 0 Å². The number of benzene rings is 2. The van der Waals surface area contributed by atoms with E-state index in [9.17, 15) is 5.11 Å². The second-order valence-electron chi connectivity index (χ2n) is 6.06. The van der Waals surface area contributed by atoms with E-state index in [2.05, 4.69) is 34.5 Å². The van der Waals surface area contributed by atoms with Crippen LogP contribution in [0.5, 0.6) is 0 Å². The molecule has 0 aliphatic carbocycles. The van der Waals surface area contributed by atoms with Gasteiger partial charge in [0.2, 0.25) is 5.89 Å². The predicted octanol–water partition coefficient (Wildman–Crippen LogP) is 3.18. The van der Waals surface area contributed by atoms with E-state index in [0.717, 1.165) is 5.56 Å². The Hall–Kier alpha value is -2.50. The molecule has 1 heterocycles. The molecular formula is C20H23N3O2. The molecule has 0 bridgehead atoms. The number of rotatable bonds is 8. The van der Waals surface area contributed by atoms with Crippen molar-refractivity contribution in [2.24, 2.45) is 0 Å². The molecule has 3 aromatic rings. The molecule has 1 aromatic heterocycles. The van der Waals surface area contributed by atoms with Crippen LogP contribution in [0.25, 0.3) is 0 Å². The van der Waals surface area contributed by atoms with Crippen molar-refractivity contribution in [1.82, 2.24) is 15.5 Å². The van der Waals surface area contributed by atoms with E-state index in [0.29, 0.717) is 31.1 Å². The van der Waals surface area contributed by atoms with Gasteiger partial charge in [-0.25, -0.2) is 0 Å². The Balaban J connectivity index is 1.62. The van der Waals surface area contributed by atoms with Gasteiger partial charge in [-0.05, 0) is 30.0 Å². The van der Waals surface area contributed by atoms with Crippen molar-refractivity contribution >= 4 is 0 Å². The van der Waals surface area contributed by atoms with Gasteiger partial charge in [-0.15, -0.1) is 0 Å². The fourth-order valence-corrected chi connectivity index (χ4v) is 2.82. The van der Waals surface area contributed by atoms with Gasteiger partial charge in [-0.2, -0.15) is 4.98 Å². The van der Waals surface area contributed by atoms with Crippen molar-refractivity contribution < 1.29 is 9.63 Å². The second-order valence-corrected chi connectivity index (χ2v) is 6.06. The number of aliphatic hydroxyl groups excluding tert-OH is 1. The Labute approximate surface area is 147 Å². The molecule has 0 radical (unpaired) electrons. The third kappa shape index (κ3) is 4.75. The fraction of sp³-hybridized carbons (Fsp3) is 0.300. The van der Waals surface area contributed by atoms with Crippen molar-refractivity contribution in [3.8, 4) is 0 Å². The fourth-order valence-electron chi connectivity index (χ4n) is 2.82. The third-order valence-corrected chi connectivity index (χ3v) is 4.24. The molecule has 25 heavy (non-hydrogen) atoms. The topological polar surface area (TPSA) is 71.2 Å². The Morgan fingerprint density at radius 2 is 1.84 bits per heavy atom. The molecule has 5 nitrogen and oxygen atoms in total. The number of aliphatic hydroxyl groups is 1. The van der Waals surface area contributed by atoms with Gasteiger partial charge in [0.1, 0.15) is 0 Å². The summed E-state index contributed by atoms with van der Waals surface area (Å²) in [6, 6.07) is 18.3. The number of nitrogens with one attached hydrogen (secondary N) is 1. The van der Waals surface area contributed by atoms with E-state index in [1.807, 2.05) is 42.5 Å². The summed E-state index contributed by atoms with van der Waals surface area (Å²) >= 11 is 0. The summed E-state index contributed by atoms with van der Waals surface area (Å²) in [4.78, 5) is 4.47. The van der Waals surface area contributed by atoms with Crippen molar-refractivity contribution in [2.75, 3.05) is 6.61 Å². The minimum atomic E-state index is 0.0597. The zero-order valence-electron chi connectivity index (χ0n) is 14.4. The first-order chi connectivity index (χ1) is 12.3. The predicted molar refractivity (Wildman–Crippen MR) is 96.0 cm³/mol. The van der Waals surface area contributed by atoms with Gasteiger partial charge in [0.05, 0.1) is 13.0 Å². The molecule has 3 rings (SSSR count). The second kappa shape index (κ2) is 8.55. The maximum absolute atomic E-state index is 9.30. The van der Waals surface area contributed by atoms with Crippen LogP contribution in [0.3, 0.4) is 0 Å². The summed E-state index contributed by atoms with van der Waals surface area (Å²) < 4.78 is 5.37. The highest BCUT2D eigenvalue weighted by Crippen LogP contribution is 2.17. The number of nitrogens with zero attached hydrogens (tertiary/aromatic N) is 2. The maximum atomic E-state index is 9.30. The Morgan fingerprint density at radius 3 is 2.60 bits per heavy atom. The lowest BCUT2D eigenvalue weighted by Crippen LogP contribution is -2.22. The summed E-state index contributed by atoms with van der Waals surface area (Å²) in [6.07, 6.45) is 1.27. The van der Waals surface area contributed by atoms with Gasteiger partial charge in [-0.1, -0.05) is 59.8 Å². The molecule has 0 amide bonds. The summed E-state index contributed by atoms with van der Waals surface area (Å²) in [5, 5.41) is 16.8. The van der Waals surface area contributed by atoms with Crippen molar-refractivity contribution in [3.05, 3.63) is 83.0 Å². The molecule has 0 saturated carbocycles. The third-order valence-electron chi connectivity index (χ3n) is 4.24. The molecule has 0 aliphatic rings. The van der Waals surface area contributed by atoms with Crippen LogP contribution in [-0.2, 0) is 13.0 Å². The van der Waals surface area contributed by atoms with Crippen LogP contribution in [0.15, 0.2) is 59.1 Å². The van der Waals surface area contributed by atoms with Gasteiger partial charge < -0.3 is 14.9 Å². The lowest BCUT2D eigenvalue weighted by Gasteiger charge is -2.17. The zero-order chi connectivity index (χ0) is 17.5. The van der Waals surface area contributed by atoms with E-state index >= 15 is 0 Å². The van der Waals surface area contributed by atoms with E-state index < -0.39 is 0 Å². The highest BCUT2D eigenvalue weighted by Gasteiger charge is 2.13. The first-order valence-electron chi connectivity index (χ1n) is 8.51. The number of hydrogen-bond acceptors (Lipinski definition) is 5. The highest BCUT2D eigenvalue weighted by atomic mass is 16.5. The highest BCUT2D eigenvalue weighted by molar-refractivity contribution is 5.27. The number of aromatic nitrogens is 2. The summed E-state index contributed by atoms with van der Waals surface area (Å²) in [7, 11) is 0. The largest absolute Gasteiger partial charge is 0.396 e. The Kier molecular flexibility index (Phi) is 5.93. The smallest absolute Gasteiger partial charge is 0.231 e. The van der Waals surface area contributed by atoms with Gasteiger partial charge in [0, 0.05) is 12.6 Å². The van der Waals surface area contributed by atoms with Crippen LogP contribution in [0.4, 0.5) is 0 Å². The molecule has 2 N–H and O–H groups in total. The van der Waals surface area contributed by atoms with Crippen LogP contribution in [0.1, 0.15) is 40.9 Å². The van der Waals surface area contributed by atoms with Gasteiger partial charge in [-0.3, -0.25) is 0 Å². The minimum absolute atomic E-state index is 0.0597. The Bertz CT molecular complexity index is 786. The van der Waals surface area contributed by atoms with E-state index in [1.54, 1.807) is 0 Å². The summed E-state index contributed by atoms with van der Waals surface area (Å²) in [5.41, 5.74) is 3.54. The first-order valence-corrected chi connectivity index (χ1v) is 8.51. The molecule has 2 aromatic carbocycles. The molecule has 1 atom stereocenters. The first kappa shape index (κ1) is 17.3. The average Bonchev–Trinajstić information content (AvgIpc) is 3.09. The van der Waals surface area contributed by atoms with Gasteiger partial charge in [0.25, 0.3) is 0 Å². The van der Waals surface area contributed by atoms with Crippen LogP contribution < -0.4 is 5.32 Å². The standard InChI is InChI=1S/C20H23N3O2/c1-15-7-5-6-10-17(15)13-20-22-19(23-25-20)14-21-18(11-12-24)16-8-3-2-4-9-16/h2-10,18,21,24H,11-14H2,1H3. The SMILES string of the molecule is Cc1ccccc1Cc1nc(CNC(CCO)c2ccccc2)no1. The molecule has 0 spiro atoms. The van der Waals surface area contributed by atoms with E-state index in [4.69, 9.17) is 4.52 Å². The van der Waals surface area contributed by atoms with Gasteiger partial charge in [0.15, 0.2) is 5.82 Å². The lowest BCUT2D eigenvalue weighted by atomic mass is 10.0. The average molecular weight is 337 g/mol. The lowest BCUT2D eigenvalue weighted by molar-refractivity contribution is 0.264. The van der Waals surface area contributed by atoms with Crippen LogP contribution in [0.2, 0.25) is 0 Å². The number of hydrogen-bond donors (Lipinski definition) is 2. The molecule has 1 unspecified atom stereocenters. The molecular weight excluding hydrogens is 314 g/mol. The monoisotopic (exact) mass is 337 g/mol. The van der Waals surface area contributed by atoms with Crippen LogP contribution in [-0.4, -0.2) is 21.9 Å². The number of aryl methyl sites for hydroxylation is 1. The maximum Gasteiger partial charge on any atom is 0.231 e. The summed E-state index contributed by atoms with van der Waals surface area (Å²) in [6.45, 7) is 2.70. The summed E-state index contributed by atoms with van der Waals surface area (Å²) in [5.74, 6) is 1.24. The normalized spacial score (nSPS) is 12.2. The molecule has 5 heteroatoms. The quantitative estimate of drug-likeness (QED) is 0.660. The van der Waals surface area contributed by atoms with Crippen LogP contribution in [0, 0.1) is 6.92 Å². The molecule has 130 valence electrons. The minimum Gasteiger partial charge on any atom is -0.396 e. The van der Waals surface area contributed by atoms with Gasteiger partial charge >= 0.3 is 0 Å². The van der Waals surface area contributed by atoms with Crippen LogP contribution >= 0.6 is 0 Å². The van der Waals surface area contributed by atoms with E-state index in [-0.39, 0.29) is 12.6 Å². The zero-order valence-corrected chi connectivity index (χ0v) is 14.4. The molecule has 0 aliphatic heterocycles. The van der Waals surface area contributed by atoms with E-state index in [1.165, 1.54) is 11.1 Å². The van der Waals surface area contributed by atoms with Crippen molar-refractivity contribution in [1.29, 1.82) is 0 Å². The Morgan fingerprint density at radius 1 is 1.08 bits per heavy atom. The molecule has 0 saturated heterocycles.